The van der Waals surface area contributed by atoms with Crippen molar-refractivity contribution in [1.29, 1.82) is 0 Å². The molecule has 1 aliphatic rings. The van der Waals surface area contributed by atoms with Gasteiger partial charge in [0.15, 0.2) is 0 Å². The minimum Gasteiger partial charge on any atom is -0.369 e. The fourth-order valence-corrected chi connectivity index (χ4v) is 3.29. The van der Waals surface area contributed by atoms with E-state index in [2.05, 4.69) is 9.88 Å². The van der Waals surface area contributed by atoms with Crippen LogP contribution in [-0.2, 0) is 11.2 Å². The molecule has 2 aromatic rings. The van der Waals surface area contributed by atoms with Gasteiger partial charge in [-0.1, -0.05) is 23.7 Å². The minimum absolute atomic E-state index is 0.120. The van der Waals surface area contributed by atoms with E-state index in [1.54, 1.807) is 12.4 Å². The van der Waals surface area contributed by atoms with E-state index in [9.17, 15) is 4.79 Å². The van der Waals surface area contributed by atoms with Crippen LogP contribution in [0.3, 0.4) is 0 Å². The summed E-state index contributed by atoms with van der Waals surface area (Å²) in [7, 11) is 0. The number of hydrogen-bond donors (Lipinski definition) is 1. The van der Waals surface area contributed by atoms with E-state index in [1.807, 2.05) is 24.3 Å². The molecule has 1 amide bonds. The lowest BCUT2D eigenvalue weighted by Crippen LogP contribution is -2.33. The van der Waals surface area contributed by atoms with E-state index in [0.717, 1.165) is 41.4 Å². The molecule has 1 aromatic heterocycles. The third kappa shape index (κ3) is 4.06. The number of likely N-dealkylation sites (tertiary alicyclic amines) is 1. The summed E-state index contributed by atoms with van der Waals surface area (Å²) in [5, 5.41) is 0.718. The fourth-order valence-electron chi connectivity index (χ4n) is 3.08. The van der Waals surface area contributed by atoms with Gasteiger partial charge in [0.25, 0.3) is 0 Å². The number of nitrogens with zero attached hydrogens (tertiary/aromatic N) is 3. The maximum absolute atomic E-state index is 11.2. The van der Waals surface area contributed by atoms with Crippen LogP contribution in [0, 0.1) is 0 Å². The van der Waals surface area contributed by atoms with Gasteiger partial charge in [-0.2, -0.15) is 0 Å². The van der Waals surface area contributed by atoms with Crippen molar-refractivity contribution in [3.05, 3.63) is 58.6 Å². The summed E-state index contributed by atoms with van der Waals surface area (Å²) in [6.45, 7) is 1.14. The van der Waals surface area contributed by atoms with Gasteiger partial charge in [0, 0.05) is 23.8 Å². The number of halogens is 1. The third-order valence-electron chi connectivity index (χ3n) is 4.04. The molecule has 0 unspecified atom stereocenters. The van der Waals surface area contributed by atoms with E-state index >= 15 is 0 Å². The first kappa shape index (κ1) is 15.9. The van der Waals surface area contributed by atoms with Gasteiger partial charge < -0.3 is 5.73 Å². The fraction of sp³-hybridized carbons (Fsp3) is 0.353. The van der Waals surface area contributed by atoms with Crippen LogP contribution in [0.4, 0.5) is 0 Å². The molecule has 23 heavy (non-hydrogen) atoms. The molecule has 120 valence electrons. The number of rotatable bonds is 5. The molecule has 0 saturated carbocycles. The summed E-state index contributed by atoms with van der Waals surface area (Å²) in [6, 6.07) is 7.86. The molecule has 0 spiro atoms. The van der Waals surface area contributed by atoms with Crippen LogP contribution in [0.1, 0.15) is 35.8 Å². The van der Waals surface area contributed by atoms with Crippen molar-refractivity contribution in [2.75, 3.05) is 13.1 Å². The minimum atomic E-state index is -0.306. The van der Waals surface area contributed by atoms with Crippen LogP contribution in [0.25, 0.3) is 0 Å². The average molecular weight is 331 g/mol. The summed E-state index contributed by atoms with van der Waals surface area (Å²) >= 11 is 6.03. The van der Waals surface area contributed by atoms with Crippen LogP contribution in [-0.4, -0.2) is 33.9 Å². The van der Waals surface area contributed by atoms with Gasteiger partial charge in [0.05, 0.1) is 24.0 Å². The summed E-state index contributed by atoms with van der Waals surface area (Å²) in [5.41, 5.74) is 8.24. The number of nitrogens with two attached hydrogens (primary N) is 1. The van der Waals surface area contributed by atoms with E-state index < -0.39 is 0 Å². The molecule has 6 heteroatoms. The van der Waals surface area contributed by atoms with Crippen molar-refractivity contribution >= 4 is 17.5 Å². The zero-order valence-corrected chi connectivity index (χ0v) is 13.5. The van der Waals surface area contributed by atoms with Gasteiger partial charge in [-0.25, -0.2) is 0 Å². The van der Waals surface area contributed by atoms with Gasteiger partial charge >= 0.3 is 0 Å². The Balaban J connectivity index is 1.78. The van der Waals surface area contributed by atoms with Gasteiger partial charge in [0.1, 0.15) is 0 Å². The summed E-state index contributed by atoms with van der Waals surface area (Å²) < 4.78 is 0. The lowest BCUT2D eigenvalue weighted by atomic mass is 10.1. The summed E-state index contributed by atoms with van der Waals surface area (Å²) in [5.74, 6) is -0.306. The van der Waals surface area contributed by atoms with Gasteiger partial charge in [0.2, 0.25) is 5.91 Å². The second kappa shape index (κ2) is 7.06. The Bertz CT molecular complexity index is 706. The normalized spacial score (nSPS) is 18.2. The van der Waals surface area contributed by atoms with Crippen LogP contribution < -0.4 is 5.73 Å². The van der Waals surface area contributed by atoms with Gasteiger partial charge in [-0.3, -0.25) is 19.7 Å². The molecule has 1 fully saturated rings. The first-order valence-corrected chi connectivity index (χ1v) is 8.07. The highest BCUT2D eigenvalue weighted by molar-refractivity contribution is 6.30. The van der Waals surface area contributed by atoms with Crippen LogP contribution in [0.2, 0.25) is 5.02 Å². The molecular weight excluding hydrogens is 312 g/mol. The first-order valence-electron chi connectivity index (χ1n) is 7.69. The van der Waals surface area contributed by atoms with Crippen LogP contribution in [0.15, 0.2) is 36.7 Å². The second-order valence-electron chi connectivity index (χ2n) is 5.84. The monoisotopic (exact) mass is 330 g/mol. The standard InChI is InChI=1S/C17H19ClN4O/c18-13-4-1-3-12(7-13)8-14-9-20-10-15(21-14)16-5-2-6-22(16)11-17(19)23/h1,3-4,7,9-10,16H,2,5-6,8,11H2,(H2,19,23)/t16-/m1/s1. The second-order valence-corrected chi connectivity index (χ2v) is 6.27. The van der Waals surface area contributed by atoms with Crippen molar-refractivity contribution in [2.24, 2.45) is 5.73 Å². The highest BCUT2D eigenvalue weighted by Gasteiger charge is 2.28. The SMILES string of the molecule is NC(=O)CN1CCC[C@@H]1c1cncc(Cc2cccc(Cl)c2)n1. The predicted octanol–water partition coefficient (Wildman–Crippen LogP) is 2.34. The molecule has 1 aliphatic heterocycles. The lowest BCUT2D eigenvalue weighted by Gasteiger charge is -2.22. The number of carbonyl (C=O) groups excluding carboxylic acids is 1. The van der Waals surface area contributed by atoms with Crippen molar-refractivity contribution in [1.82, 2.24) is 14.9 Å². The van der Waals surface area contributed by atoms with Crippen molar-refractivity contribution in [3.8, 4) is 0 Å². The number of hydrogen-bond acceptors (Lipinski definition) is 4. The highest BCUT2D eigenvalue weighted by atomic mass is 35.5. The molecule has 2 N–H and O–H groups in total. The van der Waals surface area contributed by atoms with E-state index in [-0.39, 0.29) is 18.5 Å². The van der Waals surface area contributed by atoms with Crippen LogP contribution in [0.5, 0.6) is 0 Å². The molecular formula is C17H19ClN4O. The van der Waals surface area contributed by atoms with Crippen molar-refractivity contribution < 1.29 is 4.79 Å². The number of primary amides is 1. The smallest absolute Gasteiger partial charge is 0.231 e. The van der Waals surface area contributed by atoms with Crippen molar-refractivity contribution in [3.63, 3.8) is 0 Å². The molecule has 3 rings (SSSR count). The summed E-state index contributed by atoms with van der Waals surface area (Å²) in [4.78, 5) is 22.3. The number of carbonyl (C=O) groups is 1. The molecule has 1 aromatic carbocycles. The molecule has 2 heterocycles. The first-order chi connectivity index (χ1) is 11.1. The Morgan fingerprint density at radius 3 is 3.04 bits per heavy atom. The zero-order valence-electron chi connectivity index (χ0n) is 12.8. The number of aromatic nitrogens is 2. The highest BCUT2D eigenvalue weighted by Crippen LogP contribution is 2.30. The topological polar surface area (TPSA) is 72.1 Å². The lowest BCUT2D eigenvalue weighted by molar-refractivity contribution is -0.119. The molecule has 0 radical (unpaired) electrons. The largest absolute Gasteiger partial charge is 0.369 e. The molecule has 5 nitrogen and oxygen atoms in total. The Kier molecular flexibility index (Phi) is 4.88. The van der Waals surface area contributed by atoms with E-state index in [4.69, 9.17) is 22.3 Å². The van der Waals surface area contributed by atoms with Gasteiger partial charge in [-0.15, -0.1) is 0 Å². The molecule has 0 bridgehead atoms. The maximum Gasteiger partial charge on any atom is 0.231 e. The van der Waals surface area contributed by atoms with Gasteiger partial charge in [-0.05, 0) is 37.1 Å². The Morgan fingerprint density at radius 2 is 2.26 bits per heavy atom. The number of benzene rings is 1. The predicted molar refractivity (Wildman–Crippen MR) is 89.0 cm³/mol. The Morgan fingerprint density at radius 1 is 1.39 bits per heavy atom. The van der Waals surface area contributed by atoms with E-state index in [1.165, 1.54) is 0 Å². The van der Waals surface area contributed by atoms with Crippen molar-refractivity contribution in [2.45, 2.75) is 25.3 Å². The summed E-state index contributed by atoms with van der Waals surface area (Å²) in [6.07, 6.45) is 6.26. The Labute approximate surface area is 140 Å². The van der Waals surface area contributed by atoms with Crippen LogP contribution >= 0.6 is 11.6 Å². The average Bonchev–Trinajstić information content (AvgIpc) is 2.95. The third-order valence-corrected chi connectivity index (χ3v) is 4.28. The quantitative estimate of drug-likeness (QED) is 0.913. The number of amides is 1. The molecule has 1 saturated heterocycles. The molecule has 0 aliphatic carbocycles. The molecule has 1 atom stereocenters. The zero-order chi connectivity index (χ0) is 16.2. The van der Waals surface area contributed by atoms with E-state index in [0.29, 0.717) is 6.42 Å². The Hall–Kier alpha value is -1.98. The maximum atomic E-state index is 11.2.